The largest absolute Gasteiger partial charge is 0.495 e. The van der Waals surface area contributed by atoms with Gasteiger partial charge in [-0.3, -0.25) is 9.59 Å². The summed E-state index contributed by atoms with van der Waals surface area (Å²) in [5, 5.41) is 10.6. The molecule has 1 N–H and O–H groups in total. The number of hydrogen-bond donors (Lipinski definition) is 1. The van der Waals surface area contributed by atoms with E-state index >= 15 is 0 Å². The van der Waals surface area contributed by atoms with E-state index in [2.05, 4.69) is 15.5 Å². The summed E-state index contributed by atoms with van der Waals surface area (Å²) in [4.78, 5) is 25.7. The Morgan fingerprint density at radius 1 is 1.21 bits per heavy atom. The maximum absolute atomic E-state index is 12.9. The van der Waals surface area contributed by atoms with Crippen LogP contribution in [0.2, 0.25) is 0 Å². The fourth-order valence-electron chi connectivity index (χ4n) is 3.13. The van der Waals surface area contributed by atoms with Crippen molar-refractivity contribution in [2.75, 3.05) is 12.4 Å². The Hall–Kier alpha value is -3.42. The highest BCUT2D eigenvalue weighted by molar-refractivity contribution is 6.06. The van der Waals surface area contributed by atoms with Gasteiger partial charge in [-0.2, -0.15) is 0 Å². The van der Waals surface area contributed by atoms with Gasteiger partial charge in [-0.15, -0.1) is 10.2 Å². The summed E-state index contributed by atoms with van der Waals surface area (Å²) in [5.74, 6) is 0.720. The van der Waals surface area contributed by atoms with Gasteiger partial charge in [0.1, 0.15) is 11.3 Å². The average Bonchev–Trinajstić information content (AvgIpc) is 3.08. The smallest absolute Gasteiger partial charge is 0.263 e. The van der Waals surface area contributed by atoms with E-state index in [0.717, 1.165) is 5.69 Å². The minimum Gasteiger partial charge on any atom is -0.495 e. The van der Waals surface area contributed by atoms with Crippen LogP contribution >= 0.6 is 0 Å². The lowest BCUT2D eigenvalue weighted by Crippen LogP contribution is -2.31. The fourth-order valence-corrected chi connectivity index (χ4v) is 3.13. The van der Waals surface area contributed by atoms with E-state index in [0.29, 0.717) is 40.9 Å². The first-order valence-corrected chi connectivity index (χ1v) is 8.86. The number of hydrogen-bond acceptors (Lipinski definition) is 6. The van der Waals surface area contributed by atoms with Crippen LogP contribution in [0.1, 0.15) is 34.4 Å². The van der Waals surface area contributed by atoms with Crippen LogP contribution in [-0.2, 0) is 6.54 Å². The van der Waals surface area contributed by atoms with Gasteiger partial charge in [0, 0.05) is 24.7 Å². The maximum atomic E-state index is 12.9. The molecule has 146 valence electrons. The molecule has 2 aromatic heterocycles. The van der Waals surface area contributed by atoms with Crippen molar-refractivity contribution in [2.45, 2.75) is 34.2 Å². The van der Waals surface area contributed by atoms with Crippen molar-refractivity contribution in [1.82, 2.24) is 14.8 Å². The van der Waals surface area contributed by atoms with Gasteiger partial charge < -0.3 is 19.0 Å². The normalized spacial score (nSPS) is 10.8. The van der Waals surface area contributed by atoms with Crippen molar-refractivity contribution in [3.63, 3.8) is 0 Å². The molecule has 3 rings (SSSR count). The quantitative estimate of drug-likeness (QED) is 0.728. The molecule has 1 aromatic carbocycles. The summed E-state index contributed by atoms with van der Waals surface area (Å²) >= 11 is 0. The van der Waals surface area contributed by atoms with E-state index < -0.39 is 5.91 Å². The highest BCUT2D eigenvalue weighted by atomic mass is 16.5. The number of amides is 1. The minimum atomic E-state index is -0.498. The lowest BCUT2D eigenvalue weighted by atomic mass is 10.1. The molecule has 0 atom stereocenters. The van der Waals surface area contributed by atoms with Gasteiger partial charge in [-0.25, -0.2) is 0 Å². The van der Waals surface area contributed by atoms with Gasteiger partial charge >= 0.3 is 0 Å². The standard InChI is InChI=1S/C20H22N4O4/c1-6-24-12(3)9-11(2)17(20(24)26)18(25)21-15-10-14(7-8-16(15)27-5)19-23-22-13(4)28-19/h7-10H,6H2,1-5H3,(H,21,25). The molecule has 0 saturated heterocycles. The topological polar surface area (TPSA) is 99.2 Å². The van der Waals surface area contributed by atoms with Crippen molar-refractivity contribution in [1.29, 1.82) is 0 Å². The predicted molar refractivity (Wildman–Crippen MR) is 105 cm³/mol. The Labute approximate surface area is 162 Å². The SMILES string of the molecule is CCn1c(C)cc(C)c(C(=O)Nc2cc(-c3nnc(C)o3)ccc2OC)c1=O. The molecule has 0 aliphatic heterocycles. The molecular weight excluding hydrogens is 360 g/mol. The molecule has 0 saturated carbocycles. The molecule has 0 aliphatic rings. The van der Waals surface area contributed by atoms with Crippen LogP contribution in [0.5, 0.6) is 5.75 Å². The van der Waals surface area contributed by atoms with E-state index in [1.807, 2.05) is 19.9 Å². The number of rotatable bonds is 5. The number of carbonyl (C=O) groups excluding carboxylic acids is 1. The monoisotopic (exact) mass is 382 g/mol. The molecular formula is C20H22N4O4. The van der Waals surface area contributed by atoms with Crippen molar-refractivity contribution >= 4 is 11.6 Å². The first-order valence-electron chi connectivity index (χ1n) is 8.86. The number of aromatic nitrogens is 3. The van der Waals surface area contributed by atoms with E-state index in [1.54, 1.807) is 36.6 Å². The second kappa shape index (κ2) is 7.67. The zero-order chi connectivity index (χ0) is 20.4. The van der Waals surface area contributed by atoms with Gasteiger partial charge in [-0.1, -0.05) is 0 Å². The van der Waals surface area contributed by atoms with Gasteiger partial charge in [0.2, 0.25) is 11.8 Å². The first kappa shape index (κ1) is 19.3. The molecule has 8 heteroatoms. The molecule has 0 bridgehead atoms. The molecule has 28 heavy (non-hydrogen) atoms. The number of benzene rings is 1. The predicted octanol–water partition coefficient (Wildman–Crippen LogP) is 3.10. The highest BCUT2D eigenvalue weighted by Gasteiger charge is 2.19. The van der Waals surface area contributed by atoms with Crippen LogP contribution in [0, 0.1) is 20.8 Å². The second-order valence-corrected chi connectivity index (χ2v) is 6.39. The number of anilines is 1. The molecule has 0 aliphatic carbocycles. The minimum absolute atomic E-state index is 0.105. The Kier molecular flexibility index (Phi) is 5.30. The van der Waals surface area contributed by atoms with Crippen LogP contribution < -0.4 is 15.6 Å². The van der Waals surface area contributed by atoms with E-state index in [-0.39, 0.29) is 11.1 Å². The van der Waals surface area contributed by atoms with Crippen molar-refractivity contribution in [3.05, 3.63) is 57.3 Å². The number of aryl methyl sites for hydroxylation is 3. The second-order valence-electron chi connectivity index (χ2n) is 6.39. The molecule has 3 aromatic rings. The van der Waals surface area contributed by atoms with Crippen LogP contribution in [0.25, 0.3) is 11.5 Å². The Balaban J connectivity index is 2.02. The molecule has 0 fully saturated rings. The number of nitrogens with one attached hydrogen (secondary N) is 1. The van der Waals surface area contributed by atoms with Crippen molar-refractivity contribution < 1.29 is 13.9 Å². The van der Waals surface area contributed by atoms with Gasteiger partial charge in [0.05, 0.1) is 12.8 Å². The summed E-state index contributed by atoms with van der Waals surface area (Å²) in [5.41, 5.74) is 2.25. The van der Waals surface area contributed by atoms with Crippen LogP contribution in [0.15, 0.2) is 33.5 Å². The van der Waals surface area contributed by atoms with E-state index in [4.69, 9.17) is 9.15 Å². The maximum Gasteiger partial charge on any atom is 0.263 e. The van der Waals surface area contributed by atoms with Crippen LogP contribution in [0.4, 0.5) is 5.69 Å². The van der Waals surface area contributed by atoms with E-state index in [9.17, 15) is 9.59 Å². The van der Waals surface area contributed by atoms with Crippen molar-refractivity contribution in [3.8, 4) is 17.2 Å². The third-order valence-electron chi connectivity index (χ3n) is 4.47. The molecule has 0 unspecified atom stereocenters. The Morgan fingerprint density at radius 2 is 1.96 bits per heavy atom. The number of methoxy groups -OCH3 is 1. The number of carbonyl (C=O) groups is 1. The third kappa shape index (κ3) is 3.53. The van der Waals surface area contributed by atoms with Crippen LogP contribution in [0.3, 0.4) is 0 Å². The molecule has 8 nitrogen and oxygen atoms in total. The lowest BCUT2D eigenvalue weighted by Gasteiger charge is -2.14. The number of nitrogens with zero attached hydrogens (tertiary/aromatic N) is 3. The zero-order valence-corrected chi connectivity index (χ0v) is 16.5. The van der Waals surface area contributed by atoms with Gasteiger partial charge in [-0.05, 0) is 50.6 Å². The molecule has 1 amide bonds. The summed E-state index contributed by atoms with van der Waals surface area (Å²) in [6, 6.07) is 6.94. The van der Waals surface area contributed by atoms with Crippen molar-refractivity contribution in [2.24, 2.45) is 0 Å². The van der Waals surface area contributed by atoms with E-state index in [1.165, 1.54) is 7.11 Å². The zero-order valence-electron chi connectivity index (χ0n) is 16.5. The lowest BCUT2D eigenvalue weighted by molar-refractivity contribution is 0.102. The van der Waals surface area contributed by atoms with Gasteiger partial charge in [0.15, 0.2) is 0 Å². The summed E-state index contributed by atoms with van der Waals surface area (Å²) in [6.07, 6.45) is 0. The Morgan fingerprint density at radius 3 is 2.57 bits per heavy atom. The highest BCUT2D eigenvalue weighted by Crippen LogP contribution is 2.30. The molecule has 0 spiro atoms. The van der Waals surface area contributed by atoms with Crippen LogP contribution in [-0.4, -0.2) is 27.8 Å². The molecule has 2 heterocycles. The van der Waals surface area contributed by atoms with Gasteiger partial charge in [0.25, 0.3) is 11.5 Å². The Bertz CT molecular complexity index is 1100. The third-order valence-corrected chi connectivity index (χ3v) is 4.47. The average molecular weight is 382 g/mol. The molecule has 0 radical (unpaired) electrons. The summed E-state index contributed by atoms with van der Waals surface area (Å²) < 4.78 is 12.3. The number of ether oxygens (including phenoxy) is 1. The summed E-state index contributed by atoms with van der Waals surface area (Å²) in [6.45, 7) is 7.64. The number of pyridine rings is 1. The fraction of sp³-hybridized carbons (Fsp3) is 0.300. The summed E-state index contributed by atoms with van der Waals surface area (Å²) in [7, 11) is 1.50. The first-order chi connectivity index (χ1) is 13.3.